The Morgan fingerprint density at radius 3 is 2.58 bits per heavy atom. The molecule has 0 atom stereocenters. The molecule has 6 nitrogen and oxygen atoms in total. The minimum absolute atomic E-state index is 0.0619. The predicted octanol–water partition coefficient (Wildman–Crippen LogP) is 2.32. The lowest BCUT2D eigenvalue weighted by Gasteiger charge is -2.22. The molecular formula is C20H30N4O2. The molecule has 2 fully saturated rings. The van der Waals surface area contributed by atoms with E-state index >= 15 is 0 Å². The first-order valence-corrected chi connectivity index (χ1v) is 9.67. The van der Waals surface area contributed by atoms with Crippen LogP contribution in [0.25, 0.3) is 0 Å². The van der Waals surface area contributed by atoms with Gasteiger partial charge in [-0.25, -0.2) is 0 Å². The van der Waals surface area contributed by atoms with E-state index in [1.54, 1.807) is 0 Å². The Morgan fingerprint density at radius 1 is 1.19 bits per heavy atom. The highest BCUT2D eigenvalue weighted by atomic mass is 16.2. The maximum atomic E-state index is 12.8. The van der Waals surface area contributed by atoms with Gasteiger partial charge in [-0.15, -0.1) is 0 Å². The van der Waals surface area contributed by atoms with Crippen LogP contribution in [0, 0.1) is 5.92 Å². The number of hydrogen-bond donors (Lipinski definition) is 2. The first-order chi connectivity index (χ1) is 12.5. The van der Waals surface area contributed by atoms with E-state index in [-0.39, 0.29) is 17.7 Å². The van der Waals surface area contributed by atoms with E-state index in [0.29, 0.717) is 17.8 Å². The Morgan fingerprint density at radius 2 is 1.92 bits per heavy atom. The van der Waals surface area contributed by atoms with Crippen molar-refractivity contribution in [3.05, 3.63) is 23.8 Å². The van der Waals surface area contributed by atoms with Crippen LogP contribution in [0.1, 0.15) is 42.5 Å². The zero-order chi connectivity index (χ0) is 18.5. The van der Waals surface area contributed by atoms with Crippen LogP contribution in [0.5, 0.6) is 0 Å². The Bertz CT molecular complexity index is 649. The fourth-order valence-corrected chi connectivity index (χ4v) is 3.31. The lowest BCUT2D eigenvalue weighted by Crippen LogP contribution is -2.29. The summed E-state index contributed by atoms with van der Waals surface area (Å²) in [4.78, 5) is 29.2. The van der Waals surface area contributed by atoms with Gasteiger partial charge in [-0.2, -0.15) is 0 Å². The van der Waals surface area contributed by atoms with Crippen molar-refractivity contribution in [2.75, 3.05) is 50.5 Å². The van der Waals surface area contributed by atoms with Crippen molar-refractivity contribution >= 4 is 23.2 Å². The Balaban J connectivity index is 1.71. The molecule has 142 valence electrons. The lowest BCUT2D eigenvalue weighted by atomic mass is 10.1. The molecular weight excluding hydrogens is 328 g/mol. The van der Waals surface area contributed by atoms with E-state index in [4.69, 9.17) is 0 Å². The molecule has 1 aromatic carbocycles. The van der Waals surface area contributed by atoms with Gasteiger partial charge in [0.15, 0.2) is 0 Å². The average molecular weight is 358 g/mol. The number of carbonyl (C=O) groups excluding carboxylic acids is 2. The van der Waals surface area contributed by atoms with E-state index < -0.39 is 0 Å². The molecule has 2 N–H and O–H groups in total. The summed E-state index contributed by atoms with van der Waals surface area (Å²) in [6, 6.07) is 5.72. The average Bonchev–Trinajstić information content (AvgIpc) is 3.34. The van der Waals surface area contributed by atoms with Crippen molar-refractivity contribution in [2.45, 2.75) is 32.1 Å². The van der Waals surface area contributed by atoms with Crippen LogP contribution in [0.3, 0.4) is 0 Å². The number of nitrogens with one attached hydrogen (secondary N) is 2. The molecule has 0 spiro atoms. The molecule has 6 heteroatoms. The van der Waals surface area contributed by atoms with Gasteiger partial charge in [0.25, 0.3) is 5.91 Å². The van der Waals surface area contributed by atoms with Crippen LogP contribution in [0.2, 0.25) is 0 Å². The number of carbonyl (C=O) groups is 2. The van der Waals surface area contributed by atoms with Crippen molar-refractivity contribution in [1.82, 2.24) is 10.2 Å². The van der Waals surface area contributed by atoms with Crippen LogP contribution in [0.15, 0.2) is 18.2 Å². The molecule has 0 radical (unpaired) electrons. The molecule has 0 aromatic heterocycles. The van der Waals surface area contributed by atoms with Crippen LogP contribution in [-0.4, -0.2) is 57.0 Å². The van der Waals surface area contributed by atoms with Crippen LogP contribution >= 0.6 is 0 Å². The number of nitrogens with zero attached hydrogens (tertiary/aromatic N) is 2. The molecule has 0 bridgehead atoms. The topological polar surface area (TPSA) is 64.7 Å². The summed E-state index contributed by atoms with van der Waals surface area (Å²) >= 11 is 0. The smallest absolute Gasteiger partial charge is 0.253 e. The number of amides is 2. The van der Waals surface area contributed by atoms with Gasteiger partial charge in [0.05, 0.1) is 5.56 Å². The fourth-order valence-electron chi connectivity index (χ4n) is 3.31. The molecule has 3 rings (SSSR count). The zero-order valence-corrected chi connectivity index (χ0v) is 15.9. The van der Waals surface area contributed by atoms with E-state index in [1.165, 1.54) is 0 Å². The second-order valence-electron chi connectivity index (χ2n) is 7.60. The van der Waals surface area contributed by atoms with Gasteiger partial charge in [-0.1, -0.05) is 0 Å². The number of anilines is 2. The minimum Gasteiger partial charge on any atom is -0.371 e. The van der Waals surface area contributed by atoms with Gasteiger partial charge in [0, 0.05) is 36.9 Å². The Kier molecular flexibility index (Phi) is 6.14. The number of benzene rings is 1. The normalized spacial score (nSPS) is 16.8. The SMILES string of the molecule is CN(C)CCCNC(=O)c1cc(NC(=O)C2CC2)ccc1N1CCCC1. The van der Waals surface area contributed by atoms with Crippen LogP contribution in [-0.2, 0) is 4.79 Å². The van der Waals surface area contributed by atoms with E-state index in [0.717, 1.165) is 57.4 Å². The van der Waals surface area contributed by atoms with Crippen molar-refractivity contribution in [3.8, 4) is 0 Å². The van der Waals surface area contributed by atoms with Crippen molar-refractivity contribution in [2.24, 2.45) is 5.92 Å². The van der Waals surface area contributed by atoms with E-state index in [9.17, 15) is 9.59 Å². The second-order valence-corrected chi connectivity index (χ2v) is 7.60. The van der Waals surface area contributed by atoms with Gasteiger partial charge in [0.2, 0.25) is 5.91 Å². The third-order valence-electron chi connectivity index (χ3n) is 4.97. The van der Waals surface area contributed by atoms with Crippen LogP contribution in [0.4, 0.5) is 11.4 Å². The molecule has 1 aliphatic carbocycles. The monoisotopic (exact) mass is 358 g/mol. The van der Waals surface area contributed by atoms with Crippen LogP contribution < -0.4 is 15.5 Å². The fraction of sp³-hybridized carbons (Fsp3) is 0.600. The minimum atomic E-state index is -0.0619. The molecule has 1 saturated heterocycles. The van der Waals surface area contributed by atoms with Crippen molar-refractivity contribution in [1.29, 1.82) is 0 Å². The summed E-state index contributed by atoms with van der Waals surface area (Å²) in [5.41, 5.74) is 2.34. The maximum Gasteiger partial charge on any atom is 0.253 e. The van der Waals surface area contributed by atoms with E-state index in [2.05, 4.69) is 20.4 Å². The molecule has 1 aromatic rings. The van der Waals surface area contributed by atoms with E-state index in [1.807, 2.05) is 32.3 Å². The summed E-state index contributed by atoms with van der Waals surface area (Å²) in [7, 11) is 4.05. The first-order valence-electron chi connectivity index (χ1n) is 9.67. The molecule has 1 saturated carbocycles. The molecule has 26 heavy (non-hydrogen) atoms. The predicted molar refractivity (Wildman–Crippen MR) is 105 cm³/mol. The van der Waals surface area contributed by atoms with Gasteiger partial charge >= 0.3 is 0 Å². The largest absolute Gasteiger partial charge is 0.371 e. The summed E-state index contributed by atoms with van der Waals surface area (Å²) in [5, 5.41) is 5.98. The van der Waals surface area contributed by atoms with Crippen molar-refractivity contribution < 1.29 is 9.59 Å². The third-order valence-corrected chi connectivity index (χ3v) is 4.97. The Labute approximate surface area is 155 Å². The highest BCUT2D eigenvalue weighted by Crippen LogP contribution is 2.32. The number of rotatable bonds is 8. The molecule has 1 aliphatic heterocycles. The van der Waals surface area contributed by atoms with Gasteiger partial charge in [-0.3, -0.25) is 9.59 Å². The third kappa shape index (κ3) is 4.97. The summed E-state index contributed by atoms with van der Waals surface area (Å²) < 4.78 is 0. The molecule has 2 aliphatic rings. The molecule has 1 heterocycles. The maximum absolute atomic E-state index is 12.8. The summed E-state index contributed by atoms with van der Waals surface area (Å²) in [6.45, 7) is 3.55. The number of hydrogen-bond acceptors (Lipinski definition) is 4. The first kappa shape index (κ1) is 18.7. The summed E-state index contributed by atoms with van der Waals surface area (Å²) in [6.07, 6.45) is 5.16. The zero-order valence-electron chi connectivity index (χ0n) is 15.9. The van der Waals surface area contributed by atoms with Gasteiger partial charge < -0.3 is 20.4 Å². The Hall–Kier alpha value is -2.08. The quantitative estimate of drug-likeness (QED) is 0.700. The summed E-state index contributed by atoms with van der Waals surface area (Å²) in [5.74, 6) is 0.154. The molecule has 0 unspecified atom stereocenters. The highest BCUT2D eigenvalue weighted by molar-refractivity contribution is 6.02. The van der Waals surface area contributed by atoms with Crippen molar-refractivity contribution in [3.63, 3.8) is 0 Å². The van der Waals surface area contributed by atoms with Gasteiger partial charge in [-0.05, 0) is 70.9 Å². The standard InChI is InChI=1S/C20H30N4O2/c1-23(2)11-5-10-21-20(26)17-14-16(22-19(25)15-6-7-15)8-9-18(17)24-12-3-4-13-24/h8-9,14-15H,3-7,10-13H2,1-2H3,(H,21,26)(H,22,25). The highest BCUT2D eigenvalue weighted by Gasteiger charge is 2.30. The molecule has 2 amide bonds. The second kappa shape index (κ2) is 8.54. The lowest BCUT2D eigenvalue weighted by molar-refractivity contribution is -0.117. The van der Waals surface area contributed by atoms with Gasteiger partial charge in [0.1, 0.15) is 0 Å².